The zero-order valence-electron chi connectivity index (χ0n) is 12.1. The molecule has 0 saturated heterocycles. The summed E-state index contributed by atoms with van der Waals surface area (Å²) in [5, 5.41) is 7.06. The number of hydrogen-bond acceptors (Lipinski definition) is 4. The fraction of sp³-hybridized carbons (Fsp3) is 0.0588. The molecule has 0 spiro atoms. The van der Waals surface area contributed by atoms with Crippen LogP contribution in [0.5, 0.6) is 0 Å². The minimum atomic E-state index is -0.495. The SMILES string of the molecule is O=C(NCc1ccc(-c2cccs2)s1)NC(=O)c1ccccc1. The van der Waals surface area contributed by atoms with Crippen molar-refractivity contribution in [2.75, 3.05) is 0 Å². The number of benzene rings is 1. The van der Waals surface area contributed by atoms with Crippen LogP contribution in [0.15, 0.2) is 60.0 Å². The predicted molar refractivity (Wildman–Crippen MR) is 93.8 cm³/mol. The van der Waals surface area contributed by atoms with Gasteiger partial charge in [0.1, 0.15) is 0 Å². The summed E-state index contributed by atoms with van der Waals surface area (Å²) in [4.78, 5) is 27.1. The molecule has 6 heteroatoms. The molecule has 0 fully saturated rings. The molecule has 3 rings (SSSR count). The van der Waals surface area contributed by atoms with Crippen molar-refractivity contribution in [3.8, 4) is 9.75 Å². The van der Waals surface area contributed by atoms with Crippen LogP contribution in [-0.2, 0) is 6.54 Å². The van der Waals surface area contributed by atoms with Gasteiger partial charge < -0.3 is 5.32 Å². The van der Waals surface area contributed by atoms with Crippen LogP contribution in [0.4, 0.5) is 4.79 Å². The lowest BCUT2D eigenvalue weighted by molar-refractivity contribution is 0.0964. The topological polar surface area (TPSA) is 58.2 Å². The fourth-order valence-corrected chi connectivity index (χ4v) is 3.78. The van der Waals surface area contributed by atoms with E-state index in [1.165, 1.54) is 9.75 Å². The molecule has 3 aromatic rings. The normalized spacial score (nSPS) is 10.3. The summed E-state index contributed by atoms with van der Waals surface area (Å²) in [6.45, 7) is 0.393. The number of thiophene rings is 2. The molecule has 2 heterocycles. The van der Waals surface area contributed by atoms with Crippen molar-refractivity contribution in [1.82, 2.24) is 10.6 Å². The van der Waals surface area contributed by atoms with E-state index >= 15 is 0 Å². The third-order valence-corrected chi connectivity index (χ3v) is 5.26. The summed E-state index contributed by atoms with van der Waals surface area (Å²) < 4.78 is 0. The molecule has 1 aromatic carbocycles. The summed E-state index contributed by atoms with van der Waals surface area (Å²) in [6.07, 6.45) is 0. The molecule has 4 nitrogen and oxygen atoms in total. The highest BCUT2D eigenvalue weighted by Gasteiger charge is 2.10. The molecule has 0 radical (unpaired) electrons. The number of nitrogens with one attached hydrogen (secondary N) is 2. The van der Waals surface area contributed by atoms with Gasteiger partial charge in [0.05, 0.1) is 6.54 Å². The summed E-state index contributed by atoms with van der Waals surface area (Å²) in [5.74, 6) is -0.409. The van der Waals surface area contributed by atoms with Crippen molar-refractivity contribution in [3.05, 3.63) is 70.4 Å². The molecule has 3 amide bonds. The number of hydrogen-bond donors (Lipinski definition) is 2. The van der Waals surface area contributed by atoms with E-state index in [0.29, 0.717) is 12.1 Å². The number of amides is 3. The van der Waals surface area contributed by atoms with Crippen LogP contribution in [-0.4, -0.2) is 11.9 Å². The zero-order chi connectivity index (χ0) is 16.1. The van der Waals surface area contributed by atoms with Gasteiger partial charge in [0.25, 0.3) is 5.91 Å². The van der Waals surface area contributed by atoms with Crippen molar-refractivity contribution in [3.63, 3.8) is 0 Å². The number of rotatable bonds is 4. The number of imide groups is 1. The van der Waals surface area contributed by atoms with Crippen molar-refractivity contribution in [2.24, 2.45) is 0 Å². The molecule has 0 saturated carbocycles. The molecule has 0 aliphatic heterocycles. The number of urea groups is 1. The first-order valence-corrected chi connectivity index (χ1v) is 8.69. The second kappa shape index (κ2) is 7.21. The highest BCUT2D eigenvalue weighted by Crippen LogP contribution is 2.31. The van der Waals surface area contributed by atoms with Crippen LogP contribution in [0.2, 0.25) is 0 Å². The lowest BCUT2D eigenvalue weighted by Gasteiger charge is -2.05. The molecular formula is C17H14N2O2S2. The van der Waals surface area contributed by atoms with Crippen LogP contribution in [0.1, 0.15) is 15.2 Å². The second-order valence-corrected chi connectivity index (χ2v) is 6.86. The van der Waals surface area contributed by atoms with Crippen LogP contribution in [0.3, 0.4) is 0 Å². The van der Waals surface area contributed by atoms with Crippen molar-refractivity contribution in [1.29, 1.82) is 0 Å². The highest BCUT2D eigenvalue weighted by atomic mass is 32.1. The van der Waals surface area contributed by atoms with E-state index in [4.69, 9.17) is 0 Å². The van der Waals surface area contributed by atoms with E-state index in [9.17, 15) is 9.59 Å². The summed E-state index contributed by atoms with van der Waals surface area (Å²) >= 11 is 3.32. The van der Waals surface area contributed by atoms with Gasteiger partial charge in [-0.3, -0.25) is 10.1 Å². The fourth-order valence-electron chi connectivity index (χ4n) is 2.00. The minimum absolute atomic E-state index is 0.393. The Morgan fingerprint density at radius 3 is 2.48 bits per heavy atom. The Hall–Kier alpha value is -2.44. The maximum atomic E-state index is 11.9. The first kappa shape index (κ1) is 15.5. The number of carbonyl (C=O) groups is 2. The van der Waals surface area contributed by atoms with E-state index in [1.807, 2.05) is 29.6 Å². The Labute approximate surface area is 141 Å². The van der Waals surface area contributed by atoms with Gasteiger partial charge in [0.2, 0.25) is 0 Å². The smallest absolute Gasteiger partial charge is 0.322 e. The number of carbonyl (C=O) groups excluding carboxylic acids is 2. The van der Waals surface area contributed by atoms with Crippen LogP contribution in [0, 0.1) is 0 Å². The van der Waals surface area contributed by atoms with E-state index in [1.54, 1.807) is 46.9 Å². The summed E-state index contributed by atoms with van der Waals surface area (Å²) in [5.41, 5.74) is 0.457. The van der Waals surface area contributed by atoms with Crippen LogP contribution >= 0.6 is 22.7 Å². The lowest BCUT2D eigenvalue weighted by atomic mass is 10.2. The first-order chi connectivity index (χ1) is 11.2. The molecule has 0 aliphatic carbocycles. The molecule has 116 valence electrons. The molecule has 0 bridgehead atoms. The molecule has 0 atom stereocenters. The van der Waals surface area contributed by atoms with Gasteiger partial charge in [0, 0.05) is 20.2 Å². The third kappa shape index (κ3) is 4.06. The van der Waals surface area contributed by atoms with Gasteiger partial charge in [-0.05, 0) is 35.7 Å². The van der Waals surface area contributed by atoms with Crippen molar-refractivity contribution in [2.45, 2.75) is 6.54 Å². The standard InChI is InChI=1S/C17H14N2O2S2/c20-16(12-5-2-1-3-6-12)19-17(21)18-11-13-8-9-15(23-13)14-7-4-10-22-14/h1-10H,11H2,(H2,18,19,20,21). The molecule has 2 N–H and O–H groups in total. The van der Waals surface area contributed by atoms with E-state index < -0.39 is 11.9 Å². The predicted octanol–water partition coefficient (Wildman–Crippen LogP) is 4.12. The van der Waals surface area contributed by atoms with Gasteiger partial charge in [-0.1, -0.05) is 24.3 Å². The van der Waals surface area contributed by atoms with Gasteiger partial charge in [-0.25, -0.2) is 4.79 Å². The Morgan fingerprint density at radius 2 is 1.74 bits per heavy atom. The van der Waals surface area contributed by atoms with Gasteiger partial charge in [-0.15, -0.1) is 22.7 Å². The monoisotopic (exact) mass is 342 g/mol. The van der Waals surface area contributed by atoms with Gasteiger partial charge in [-0.2, -0.15) is 0 Å². The van der Waals surface area contributed by atoms with Gasteiger partial charge in [0.15, 0.2) is 0 Å². The maximum Gasteiger partial charge on any atom is 0.322 e. The Balaban J connectivity index is 1.52. The molecule has 2 aromatic heterocycles. The quantitative estimate of drug-likeness (QED) is 0.749. The van der Waals surface area contributed by atoms with Gasteiger partial charge >= 0.3 is 6.03 Å². The average Bonchev–Trinajstić information content (AvgIpc) is 3.25. The minimum Gasteiger partial charge on any atom is -0.333 e. The van der Waals surface area contributed by atoms with Crippen LogP contribution < -0.4 is 10.6 Å². The lowest BCUT2D eigenvalue weighted by Crippen LogP contribution is -2.38. The molecule has 0 unspecified atom stereocenters. The van der Waals surface area contributed by atoms with E-state index in [0.717, 1.165) is 4.88 Å². The zero-order valence-corrected chi connectivity index (χ0v) is 13.7. The maximum absolute atomic E-state index is 11.9. The third-order valence-electron chi connectivity index (χ3n) is 3.11. The Morgan fingerprint density at radius 1 is 0.913 bits per heavy atom. The largest absolute Gasteiger partial charge is 0.333 e. The Bertz CT molecular complexity index is 795. The summed E-state index contributed by atoms with van der Waals surface area (Å²) in [7, 11) is 0. The van der Waals surface area contributed by atoms with E-state index in [2.05, 4.69) is 16.7 Å². The average molecular weight is 342 g/mol. The molecule has 0 aliphatic rings. The second-order valence-electron chi connectivity index (χ2n) is 4.75. The molecule has 23 heavy (non-hydrogen) atoms. The first-order valence-electron chi connectivity index (χ1n) is 6.99. The summed E-state index contributed by atoms with van der Waals surface area (Å²) in [6, 6.07) is 16.3. The van der Waals surface area contributed by atoms with E-state index in [-0.39, 0.29) is 0 Å². The Kier molecular flexibility index (Phi) is 4.85. The molecular weight excluding hydrogens is 328 g/mol. The highest BCUT2D eigenvalue weighted by molar-refractivity contribution is 7.21. The van der Waals surface area contributed by atoms with Crippen molar-refractivity contribution >= 4 is 34.6 Å². The van der Waals surface area contributed by atoms with Crippen molar-refractivity contribution < 1.29 is 9.59 Å². The van der Waals surface area contributed by atoms with Crippen LogP contribution in [0.25, 0.3) is 9.75 Å².